The number of piperidine rings is 1. The molecule has 2 heterocycles. The SMILES string of the molecule is Cc1cccc(C(NC(=O)Cc2ccccc2)c2nc(C(=O)N3CCCCC3)co2)c1. The second-order valence-electron chi connectivity index (χ2n) is 8.00. The lowest BCUT2D eigenvalue weighted by Crippen LogP contribution is -2.36. The zero-order valence-electron chi connectivity index (χ0n) is 17.7. The summed E-state index contributed by atoms with van der Waals surface area (Å²) < 4.78 is 5.71. The van der Waals surface area contributed by atoms with Gasteiger partial charge in [-0.05, 0) is 37.3 Å². The Morgan fingerprint density at radius 2 is 1.84 bits per heavy atom. The number of rotatable bonds is 6. The number of hydrogen-bond acceptors (Lipinski definition) is 4. The molecule has 0 radical (unpaired) electrons. The molecular formula is C25H27N3O3. The van der Waals surface area contributed by atoms with Crippen LogP contribution in [0.4, 0.5) is 0 Å². The summed E-state index contributed by atoms with van der Waals surface area (Å²) in [5.41, 5.74) is 3.14. The van der Waals surface area contributed by atoms with Crippen LogP contribution >= 0.6 is 0 Å². The fourth-order valence-corrected chi connectivity index (χ4v) is 3.91. The van der Waals surface area contributed by atoms with Crippen LogP contribution in [0.2, 0.25) is 0 Å². The van der Waals surface area contributed by atoms with Crippen molar-refractivity contribution < 1.29 is 14.0 Å². The third-order valence-electron chi connectivity index (χ3n) is 5.52. The molecule has 1 saturated heterocycles. The van der Waals surface area contributed by atoms with Gasteiger partial charge in [-0.15, -0.1) is 0 Å². The van der Waals surface area contributed by atoms with Gasteiger partial charge in [0.15, 0.2) is 5.69 Å². The van der Waals surface area contributed by atoms with E-state index in [1.54, 1.807) is 0 Å². The number of hydrogen-bond donors (Lipinski definition) is 1. The standard InChI is InChI=1S/C25H27N3O3/c1-18-9-8-12-20(15-18)23(27-22(29)16-19-10-4-2-5-11-19)24-26-21(17-31-24)25(30)28-13-6-3-7-14-28/h2,4-5,8-12,15,17,23H,3,6-7,13-14,16H2,1H3,(H,27,29). The van der Waals surface area contributed by atoms with Crippen LogP contribution in [0, 0.1) is 6.92 Å². The summed E-state index contributed by atoms with van der Waals surface area (Å²) in [4.78, 5) is 31.9. The van der Waals surface area contributed by atoms with E-state index in [4.69, 9.17) is 4.42 Å². The van der Waals surface area contributed by atoms with Crippen molar-refractivity contribution in [2.24, 2.45) is 0 Å². The monoisotopic (exact) mass is 417 g/mol. The van der Waals surface area contributed by atoms with Gasteiger partial charge in [0.25, 0.3) is 5.91 Å². The van der Waals surface area contributed by atoms with Crippen molar-refractivity contribution in [3.05, 3.63) is 89.1 Å². The molecule has 3 aromatic rings. The average molecular weight is 418 g/mol. The highest BCUT2D eigenvalue weighted by Gasteiger charge is 2.26. The van der Waals surface area contributed by atoms with Crippen molar-refractivity contribution in [1.82, 2.24) is 15.2 Å². The Kier molecular flexibility index (Phi) is 6.46. The van der Waals surface area contributed by atoms with E-state index in [-0.39, 0.29) is 23.9 Å². The van der Waals surface area contributed by atoms with E-state index in [0.29, 0.717) is 5.89 Å². The van der Waals surface area contributed by atoms with E-state index in [1.165, 1.54) is 6.26 Å². The average Bonchev–Trinajstić information content (AvgIpc) is 3.28. The summed E-state index contributed by atoms with van der Waals surface area (Å²) in [6, 6.07) is 16.9. The highest BCUT2D eigenvalue weighted by molar-refractivity contribution is 5.92. The minimum absolute atomic E-state index is 0.117. The maximum atomic E-state index is 12.8. The molecule has 1 fully saturated rings. The molecule has 2 amide bonds. The molecule has 1 N–H and O–H groups in total. The molecule has 6 nitrogen and oxygen atoms in total. The predicted octanol–water partition coefficient (Wildman–Crippen LogP) is 4.06. The second-order valence-corrected chi connectivity index (χ2v) is 8.00. The number of aromatic nitrogens is 1. The summed E-state index contributed by atoms with van der Waals surface area (Å²) in [5.74, 6) is 0.0560. The van der Waals surface area contributed by atoms with Crippen LogP contribution < -0.4 is 5.32 Å². The second kappa shape index (κ2) is 9.60. The molecule has 0 spiro atoms. The quantitative estimate of drug-likeness (QED) is 0.656. The van der Waals surface area contributed by atoms with Crippen molar-refractivity contribution in [3.63, 3.8) is 0 Å². The number of oxazole rings is 1. The van der Waals surface area contributed by atoms with Gasteiger partial charge in [-0.3, -0.25) is 9.59 Å². The molecule has 31 heavy (non-hydrogen) atoms. The van der Waals surface area contributed by atoms with E-state index in [2.05, 4.69) is 10.3 Å². The molecule has 0 bridgehead atoms. The number of carbonyl (C=O) groups excluding carboxylic acids is 2. The smallest absolute Gasteiger partial charge is 0.275 e. The maximum absolute atomic E-state index is 12.8. The Labute approximate surface area is 182 Å². The van der Waals surface area contributed by atoms with E-state index >= 15 is 0 Å². The molecule has 1 aliphatic heterocycles. The van der Waals surface area contributed by atoms with Gasteiger partial charge in [0.2, 0.25) is 11.8 Å². The first-order chi connectivity index (χ1) is 15.1. The number of likely N-dealkylation sites (tertiary alicyclic amines) is 1. The van der Waals surface area contributed by atoms with Crippen LogP contribution in [0.1, 0.15) is 58.4 Å². The number of amides is 2. The first kappa shape index (κ1) is 20.8. The Morgan fingerprint density at radius 1 is 1.06 bits per heavy atom. The molecule has 1 aromatic heterocycles. The Bertz CT molecular complexity index is 1040. The summed E-state index contributed by atoms with van der Waals surface area (Å²) >= 11 is 0. The normalized spacial score (nSPS) is 14.8. The summed E-state index contributed by atoms with van der Waals surface area (Å²) in [7, 11) is 0. The van der Waals surface area contributed by atoms with Crippen LogP contribution in [-0.2, 0) is 11.2 Å². The van der Waals surface area contributed by atoms with Gasteiger partial charge in [0, 0.05) is 13.1 Å². The molecule has 160 valence electrons. The molecule has 2 aromatic carbocycles. The minimum atomic E-state index is -0.570. The first-order valence-corrected chi connectivity index (χ1v) is 10.7. The van der Waals surface area contributed by atoms with Gasteiger partial charge in [0.05, 0.1) is 6.42 Å². The van der Waals surface area contributed by atoms with E-state index < -0.39 is 6.04 Å². The molecule has 0 aliphatic carbocycles. The highest BCUT2D eigenvalue weighted by Crippen LogP contribution is 2.24. The van der Waals surface area contributed by atoms with Gasteiger partial charge in [0.1, 0.15) is 12.3 Å². The molecular weight excluding hydrogens is 390 g/mol. The van der Waals surface area contributed by atoms with Crippen LogP contribution in [0.15, 0.2) is 65.3 Å². The van der Waals surface area contributed by atoms with Gasteiger partial charge in [-0.25, -0.2) is 4.98 Å². The number of carbonyl (C=O) groups is 2. The lowest BCUT2D eigenvalue weighted by atomic mass is 10.0. The summed E-state index contributed by atoms with van der Waals surface area (Å²) in [6.07, 6.45) is 4.83. The Morgan fingerprint density at radius 3 is 2.58 bits per heavy atom. The first-order valence-electron chi connectivity index (χ1n) is 10.7. The largest absolute Gasteiger partial charge is 0.445 e. The Balaban J connectivity index is 1.56. The van der Waals surface area contributed by atoms with Gasteiger partial charge in [-0.1, -0.05) is 60.2 Å². The third kappa shape index (κ3) is 5.20. The topological polar surface area (TPSA) is 75.4 Å². The van der Waals surface area contributed by atoms with E-state index in [0.717, 1.165) is 49.0 Å². The van der Waals surface area contributed by atoms with Gasteiger partial charge < -0.3 is 14.6 Å². The van der Waals surface area contributed by atoms with Crippen molar-refractivity contribution in [2.45, 2.75) is 38.6 Å². The third-order valence-corrected chi connectivity index (χ3v) is 5.52. The number of aryl methyl sites for hydroxylation is 1. The maximum Gasteiger partial charge on any atom is 0.275 e. The number of nitrogens with zero attached hydrogens (tertiary/aromatic N) is 2. The predicted molar refractivity (Wildman–Crippen MR) is 118 cm³/mol. The number of benzene rings is 2. The molecule has 6 heteroatoms. The van der Waals surface area contributed by atoms with Crippen LogP contribution in [0.5, 0.6) is 0 Å². The fraction of sp³-hybridized carbons (Fsp3) is 0.320. The zero-order chi connectivity index (χ0) is 21.6. The van der Waals surface area contributed by atoms with Crippen molar-refractivity contribution >= 4 is 11.8 Å². The van der Waals surface area contributed by atoms with Crippen LogP contribution in [0.25, 0.3) is 0 Å². The minimum Gasteiger partial charge on any atom is -0.445 e. The van der Waals surface area contributed by atoms with Gasteiger partial charge >= 0.3 is 0 Å². The fourth-order valence-electron chi connectivity index (χ4n) is 3.91. The molecule has 0 saturated carbocycles. The van der Waals surface area contributed by atoms with E-state index in [1.807, 2.05) is 66.4 Å². The molecule has 1 atom stereocenters. The molecule has 1 aliphatic rings. The lowest BCUT2D eigenvalue weighted by Gasteiger charge is -2.25. The van der Waals surface area contributed by atoms with Crippen molar-refractivity contribution in [2.75, 3.05) is 13.1 Å². The number of nitrogens with one attached hydrogen (secondary N) is 1. The summed E-state index contributed by atoms with van der Waals surface area (Å²) in [6.45, 7) is 3.49. The molecule has 1 unspecified atom stereocenters. The van der Waals surface area contributed by atoms with Crippen molar-refractivity contribution in [1.29, 1.82) is 0 Å². The van der Waals surface area contributed by atoms with E-state index in [9.17, 15) is 9.59 Å². The van der Waals surface area contributed by atoms with Crippen molar-refractivity contribution in [3.8, 4) is 0 Å². The zero-order valence-corrected chi connectivity index (χ0v) is 17.7. The molecule has 4 rings (SSSR count). The van der Waals surface area contributed by atoms with Crippen LogP contribution in [0.3, 0.4) is 0 Å². The highest BCUT2D eigenvalue weighted by atomic mass is 16.3. The Hall–Kier alpha value is -3.41. The lowest BCUT2D eigenvalue weighted by molar-refractivity contribution is -0.121. The van der Waals surface area contributed by atoms with Crippen LogP contribution in [-0.4, -0.2) is 34.8 Å². The summed E-state index contributed by atoms with van der Waals surface area (Å²) in [5, 5.41) is 3.04. The van der Waals surface area contributed by atoms with Gasteiger partial charge in [-0.2, -0.15) is 0 Å².